The lowest BCUT2D eigenvalue weighted by molar-refractivity contribution is -0.125. The second-order valence-corrected chi connectivity index (χ2v) is 5.35. The summed E-state index contributed by atoms with van der Waals surface area (Å²) in [5, 5.41) is 12.0. The number of rotatable bonds is 5. The molecular formula is C15H21FN2O2. The van der Waals surface area contributed by atoms with Crippen LogP contribution in [0.4, 0.5) is 4.39 Å². The van der Waals surface area contributed by atoms with Crippen molar-refractivity contribution in [3.8, 4) is 0 Å². The molecule has 0 saturated carbocycles. The van der Waals surface area contributed by atoms with E-state index in [1.54, 1.807) is 12.1 Å². The van der Waals surface area contributed by atoms with E-state index in [1.807, 2.05) is 6.92 Å². The SMILES string of the molecule is CC(C(=O)NCc1ccc(F)cc1)N1CCC(CO)C1. The molecule has 0 aromatic heterocycles. The first-order valence-electron chi connectivity index (χ1n) is 6.97. The number of halogens is 1. The number of hydrogen-bond acceptors (Lipinski definition) is 3. The molecule has 20 heavy (non-hydrogen) atoms. The lowest BCUT2D eigenvalue weighted by Gasteiger charge is -2.23. The normalized spacial score (nSPS) is 20.9. The molecule has 110 valence electrons. The quantitative estimate of drug-likeness (QED) is 0.850. The van der Waals surface area contributed by atoms with Crippen LogP contribution < -0.4 is 5.32 Å². The van der Waals surface area contributed by atoms with E-state index in [-0.39, 0.29) is 30.3 Å². The highest BCUT2D eigenvalue weighted by Gasteiger charge is 2.28. The van der Waals surface area contributed by atoms with Gasteiger partial charge in [0.1, 0.15) is 5.82 Å². The van der Waals surface area contributed by atoms with E-state index in [4.69, 9.17) is 5.11 Å². The Balaban J connectivity index is 1.81. The van der Waals surface area contributed by atoms with Crippen LogP contribution in [0.25, 0.3) is 0 Å². The summed E-state index contributed by atoms with van der Waals surface area (Å²) in [6, 6.07) is 5.90. The molecule has 1 amide bonds. The van der Waals surface area contributed by atoms with Gasteiger partial charge in [0.05, 0.1) is 6.04 Å². The molecule has 1 fully saturated rings. The first kappa shape index (κ1) is 14.9. The summed E-state index contributed by atoms with van der Waals surface area (Å²) >= 11 is 0. The maximum atomic E-state index is 12.8. The van der Waals surface area contributed by atoms with Crippen LogP contribution in [0.15, 0.2) is 24.3 Å². The molecule has 0 radical (unpaired) electrons. The Morgan fingerprint density at radius 1 is 1.50 bits per heavy atom. The third kappa shape index (κ3) is 3.77. The van der Waals surface area contributed by atoms with Crippen molar-refractivity contribution >= 4 is 5.91 Å². The monoisotopic (exact) mass is 280 g/mol. The number of benzene rings is 1. The van der Waals surface area contributed by atoms with Crippen LogP contribution in [0.2, 0.25) is 0 Å². The van der Waals surface area contributed by atoms with Gasteiger partial charge < -0.3 is 10.4 Å². The molecule has 2 rings (SSSR count). The molecule has 1 aliphatic heterocycles. The zero-order chi connectivity index (χ0) is 14.5. The summed E-state index contributed by atoms with van der Waals surface area (Å²) in [7, 11) is 0. The summed E-state index contributed by atoms with van der Waals surface area (Å²) in [5.74, 6) is -0.0316. The Morgan fingerprint density at radius 3 is 2.80 bits per heavy atom. The van der Waals surface area contributed by atoms with Crippen LogP contribution in [-0.2, 0) is 11.3 Å². The number of nitrogens with one attached hydrogen (secondary N) is 1. The molecule has 1 aromatic carbocycles. The third-order valence-electron chi connectivity index (χ3n) is 3.88. The van der Waals surface area contributed by atoms with E-state index in [2.05, 4.69) is 10.2 Å². The predicted octanol–water partition coefficient (Wildman–Crippen LogP) is 1.14. The summed E-state index contributed by atoms with van der Waals surface area (Å²) in [4.78, 5) is 14.2. The second-order valence-electron chi connectivity index (χ2n) is 5.35. The number of aliphatic hydroxyl groups is 1. The van der Waals surface area contributed by atoms with Gasteiger partial charge in [-0.2, -0.15) is 0 Å². The van der Waals surface area contributed by atoms with E-state index >= 15 is 0 Å². The fourth-order valence-corrected chi connectivity index (χ4v) is 2.47. The molecule has 4 nitrogen and oxygen atoms in total. The van der Waals surface area contributed by atoms with Gasteiger partial charge in [0.2, 0.25) is 5.91 Å². The molecular weight excluding hydrogens is 259 g/mol. The fraction of sp³-hybridized carbons (Fsp3) is 0.533. The summed E-state index contributed by atoms with van der Waals surface area (Å²) in [6.07, 6.45) is 0.937. The van der Waals surface area contributed by atoms with Crippen molar-refractivity contribution in [2.45, 2.75) is 25.9 Å². The smallest absolute Gasteiger partial charge is 0.237 e. The van der Waals surface area contributed by atoms with Crippen LogP contribution in [-0.4, -0.2) is 41.7 Å². The largest absolute Gasteiger partial charge is 0.396 e. The van der Waals surface area contributed by atoms with Crippen molar-refractivity contribution < 1.29 is 14.3 Å². The molecule has 1 heterocycles. The molecule has 2 atom stereocenters. The Kier molecular flexibility index (Phi) is 5.09. The van der Waals surface area contributed by atoms with Crippen LogP contribution in [0.5, 0.6) is 0 Å². The maximum absolute atomic E-state index is 12.8. The van der Waals surface area contributed by atoms with E-state index in [0.717, 1.165) is 25.1 Å². The molecule has 0 aliphatic carbocycles. The molecule has 2 unspecified atom stereocenters. The van der Waals surface area contributed by atoms with E-state index in [9.17, 15) is 9.18 Å². The summed E-state index contributed by atoms with van der Waals surface area (Å²) in [5.41, 5.74) is 0.876. The highest BCUT2D eigenvalue weighted by molar-refractivity contribution is 5.81. The minimum atomic E-state index is -0.277. The van der Waals surface area contributed by atoms with Crippen molar-refractivity contribution in [3.63, 3.8) is 0 Å². The van der Waals surface area contributed by atoms with Crippen LogP contribution in [0, 0.1) is 11.7 Å². The van der Waals surface area contributed by atoms with Gasteiger partial charge in [-0.3, -0.25) is 9.69 Å². The van der Waals surface area contributed by atoms with Gasteiger partial charge in [0, 0.05) is 19.7 Å². The summed E-state index contributed by atoms with van der Waals surface area (Å²) < 4.78 is 12.8. The minimum Gasteiger partial charge on any atom is -0.396 e. The highest BCUT2D eigenvalue weighted by atomic mass is 19.1. The highest BCUT2D eigenvalue weighted by Crippen LogP contribution is 2.18. The fourth-order valence-electron chi connectivity index (χ4n) is 2.47. The lowest BCUT2D eigenvalue weighted by atomic mass is 10.1. The van der Waals surface area contributed by atoms with Gasteiger partial charge >= 0.3 is 0 Å². The standard InChI is InChI=1S/C15H21FN2O2/c1-11(18-7-6-13(9-18)10-19)15(20)17-8-12-2-4-14(16)5-3-12/h2-5,11,13,19H,6-10H2,1H3,(H,17,20). The molecule has 2 N–H and O–H groups in total. The molecule has 0 bridgehead atoms. The average molecular weight is 280 g/mol. The van der Waals surface area contributed by atoms with E-state index in [0.29, 0.717) is 6.54 Å². The van der Waals surface area contributed by atoms with Gasteiger partial charge in [-0.15, -0.1) is 0 Å². The number of likely N-dealkylation sites (tertiary alicyclic amines) is 1. The van der Waals surface area contributed by atoms with Crippen molar-refractivity contribution in [2.75, 3.05) is 19.7 Å². The Hall–Kier alpha value is -1.46. The van der Waals surface area contributed by atoms with Gasteiger partial charge in [0.25, 0.3) is 0 Å². The zero-order valence-corrected chi connectivity index (χ0v) is 11.7. The molecule has 1 aliphatic rings. The van der Waals surface area contributed by atoms with Crippen LogP contribution in [0.3, 0.4) is 0 Å². The second kappa shape index (κ2) is 6.81. The number of hydrogen-bond donors (Lipinski definition) is 2. The van der Waals surface area contributed by atoms with Crippen LogP contribution >= 0.6 is 0 Å². The zero-order valence-electron chi connectivity index (χ0n) is 11.7. The third-order valence-corrected chi connectivity index (χ3v) is 3.88. The van der Waals surface area contributed by atoms with Gasteiger partial charge in [-0.1, -0.05) is 12.1 Å². The number of carbonyl (C=O) groups excluding carboxylic acids is 1. The Labute approximate surface area is 118 Å². The number of aliphatic hydroxyl groups excluding tert-OH is 1. The van der Waals surface area contributed by atoms with Gasteiger partial charge in [-0.25, -0.2) is 4.39 Å². The van der Waals surface area contributed by atoms with Crippen molar-refractivity contribution in [1.82, 2.24) is 10.2 Å². The molecule has 1 saturated heterocycles. The van der Waals surface area contributed by atoms with Gasteiger partial charge in [-0.05, 0) is 43.5 Å². The molecule has 0 spiro atoms. The van der Waals surface area contributed by atoms with Crippen molar-refractivity contribution in [2.24, 2.45) is 5.92 Å². The van der Waals surface area contributed by atoms with Crippen molar-refractivity contribution in [3.05, 3.63) is 35.6 Å². The first-order valence-corrected chi connectivity index (χ1v) is 6.97. The van der Waals surface area contributed by atoms with Crippen LogP contribution in [0.1, 0.15) is 18.9 Å². The topological polar surface area (TPSA) is 52.6 Å². The summed E-state index contributed by atoms with van der Waals surface area (Å²) in [6.45, 7) is 4.07. The average Bonchev–Trinajstić information content (AvgIpc) is 2.94. The Bertz CT molecular complexity index is 450. The molecule has 5 heteroatoms. The predicted molar refractivity (Wildman–Crippen MR) is 74.5 cm³/mol. The number of amides is 1. The lowest BCUT2D eigenvalue weighted by Crippen LogP contribution is -2.44. The maximum Gasteiger partial charge on any atom is 0.237 e. The van der Waals surface area contributed by atoms with E-state index < -0.39 is 0 Å². The van der Waals surface area contributed by atoms with Crippen molar-refractivity contribution in [1.29, 1.82) is 0 Å². The number of nitrogens with zero attached hydrogens (tertiary/aromatic N) is 1. The van der Waals surface area contributed by atoms with E-state index in [1.165, 1.54) is 12.1 Å². The van der Waals surface area contributed by atoms with Gasteiger partial charge in [0.15, 0.2) is 0 Å². The first-order chi connectivity index (χ1) is 9.60. The molecule has 1 aromatic rings. The minimum absolute atomic E-state index is 0.0343. The number of carbonyl (C=O) groups is 1. The Morgan fingerprint density at radius 2 is 2.20 bits per heavy atom.